The number of imidazole rings is 1. The molecule has 1 saturated carbocycles. The normalized spacial score (nSPS) is 16.1. The van der Waals surface area contributed by atoms with Crippen LogP contribution in [0.4, 0.5) is 0 Å². The summed E-state index contributed by atoms with van der Waals surface area (Å²) in [5.74, 6) is 0.572. The monoisotopic (exact) mass is 443 g/mol. The van der Waals surface area contributed by atoms with Gasteiger partial charge in [-0.25, -0.2) is 13.4 Å². The highest BCUT2D eigenvalue weighted by Crippen LogP contribution is 2.33. The van der Waals surface area contributed by atoms with Gasteiger partial charge in [-0.1, -0.05) is 40.0 Å². The number of fused-ring (bicyclic) bond motifs is 1. The summed E-state index contributed by atoms with van der Waals surface area (Å²) in [7, 11) is -3.93. The summed E-state index contributed by atoms with van der Waals surface area (Å²) < 4.78 is 33.5. The number of amides is 1. The smallest absolute Gasteiger partial charge is 0.284 e. The Kier molecular flexibility index (Phi) is 5.45. The fourth-order valence-electron chi connectivity index (χ4n) is 4.38. The molecule has 7 nitrogen and oxygen atoms in total. The average molecular weight is 444 g/mol. The number of benzene rings is 1. The van der Waals surface area contributed by atoms with Crippen molar-refractivity contribution in [3.63, 3.8) is 0 Å². The highest BCUT2D eigenvalue weighted by molar-refractivity contribution is 7.91. The zero-order valence-electron chi connectivity index (χ0n) is 18.2. The molecule has 4 rings (SSSR count). The van der Waals surface area contributed by atoms with Crippen LogP contribution in [-0.4, -0.2) is 23.9 Å². The van der Waals surface area contributed by atoms with Crippen LogP contribution in [-0.2, 0) is 21.8 Å². The van der Waals surface area contributed by atoms with E-state index in [4.69, 9.17) is 15.1 Å². The molecule has 1 aliphatic carbocycles. The van der Waals surface area contributed by atoms with Crippen LogP contribution in [0.3, 0.4) is 0 Å². The van der Waals surface area contributed by atoms with Crippen molar-refractivity contribution in [1.29, 1.82) is 0 Å². The van der Waals surface area contributed by atoms with Gasteiger partial charge in [0.15, 0.2) is 5.76 Å². The third-order valence-corrected chi connectivity index (χ3v) is 7.58. The molecule has 1 fully saturated rings. The maximum absolute atomic E-state index is 13.0. The fourth-order valence-corrected chi connectivity index (χ4v) is 5.57. The number of hydrogen-bond acceptors (Lipinski definition) is 5. The number of primary amides is 1. The first-order chi connectivity index (χ1) is 14.6. The second kappa shape index (κ2) is 7.82. The van der Waals surface area contributed by atoms with Crippen LogP contribution < -0.4 is 5.73 Å². The van der Waals surface area contributed by atoms with Gasteiger partial charge in [-0.3, -0.25) is 4.79 Å². The molecular formula is C23H29N3O4S. The summed E-state index contributed by atoms with van der Waals surface area (Å²) in [6.07, 6.45) is 6.27. The lowest BCUT2D eigenvalue weighted by atomic mass is 9.88. The van der Waals surface area contributed by atoms with Gasteiger partial charge in [-0.2, -0.15) is 0 Å². The number of aromatic nitrogens is 2. The minimum Gasteiger partial charge on any atom is -0.439 e. The molecule has 1 aromatic carbocycles. The number of rotatable bonds is 5. The molecule has 2 N–H and O–H groups in total. The van der Waals surface area contributed by atoms with Crippen LogP contribution in [0.1, 0.15) is 69.3 Å². The van der Waals surface area contributed by atoms with Gasteiger partial charge in [0.05, 0.1) is 15.9 Å². The molecule has 0 radical (unpaired) electrons. The Labute approximate surface area is 182 Å². The molecular weight excluding hydrogens is 414 g/mol. The molecule has 0 saturated heterocycles. The summed E-state index contributed by atoms with van der Waals surface area (Å²) in [4.78, 5) is 16.2. The topological polar surface area (TPSA) is 108 Å². The summed E-state index contributed by atoms with van der Waals surface area (Å²) in [6, 6.07) is 7.51. The van der Waals surface area contributed by atoms with Crippen molar-refractivity contribution < 1.29 is 17.6 Å². The van der Waals surface area contributed by atoms with Crippen molar-refractivity contribution >= 4 is 26.8 Å². The summed E-state index contributed by atoms with van der Waals surface area (Å²) in [5.41, 5.74) is 6.58. The number of nitrogens with two attached hydrogens (primary N) is 1. The van der Waals surface area contributed by atoms with E-state index in [-0.39, 0.29) is 21.2 Å². The molecule has 0 atom stereocenters. The maximum atomic E-state index is 13.0. The number of carbonyl (C=O) groups excluding carboxylic acids is 1. The minimum atomic E-state index is -3.93. The van der Waals surface area contributed by atoms with Crippen molar-refractivity contribution in [3.8, 4) is 0 Å². The molecule has 0 spiro atoms. The Bertz CT molecular complexity index is 1230. The van der Waals surface area contributed by atoms with Crippen LogP contribution in [0.5, 0.6) is 0 Å². The van der Waals surface area contributed by atoms with Crippen molar-refractivity contribution in [2.24, 2.45) is 11.7 Å². The Morgan fingerprint density at radius 1 is 1.16 bits per heavy atom. The molecule has 8 heteroatoms. The van der Waals surface area contributed by atoms with Gasteiger partial charge in [0, 0.05) is 12.0 Å². The molecule has 31 heavy (non-hydrogen) atoms. The zero-order valence-corrected chi connectivity index (χ0v) is 19.0. The standard InChI is InChI=1S/C23H29N3O4S/c1-23(2,3)22-25-17-13-16(31(28,29)20-12-11-19(30-20)21(24)27)9-10-18(17)26(22)14-15-7-5-4-6-8-15/h9-13,15H,4-8,14H2,1-3H3,(H2,24,27). The van der Waals surface area contributed by atoms with E-state index in [9.17, 15) is 13.2 Å². The van der Waals surface area contributed by atoms with Gasteiger partial charge in [0.25, 0.3) is 5.91 Å². The second-order valence-electron chi connectivity index (χ2n) is 9.44. The van der Waals surface area contributed by atoms with E-state index in [1.165, 1.54) is 44.2 Å². The third-order valence-electron chi connectivity index (χ3n) is 5.96. The van der Waals surface area contributed by atoms with Gasteiger partial charge in [0.2, 0.25) is 14.9 Å². The zero-order chi connectivity index (χ0) is 22.4. The predicted octanol–water partition coefficient (Wildman–Crippen LogP) is 4.44. The lowest BCUT2D eigenvalue weighted by Gasteiger charge is -2.26. The van der Waals surface area contributed by atoms with Gasteiger partial charge in [-0.05, 0) is 49.1 Å². The van der Waals surface area contributed by atoms with E-state index >= 15 is 0 Å². The van der Waals surface area contributed by atoms with Crippen LogP contribution in [0.2, 0.25) is 0 Å². The number of sulfone groups is 1. The summed E-state index contributed by atoms with van der Waals surface area (Å²) in [6.45, 7) is 7.27. The number of hydrogen-bond donors (Lipinski definition) is 1. The Hall–Kier alpha value is -2.61. The number of furan rings is 1. The average Bonchev–Trinajstić information content (AvgIpc) is 3.34. The van der Waals surface area contributed by atoms with E-state index in [0.29, 0.717) is 11.4 Å². The third kappa shape index (κ3) is 4.13. The Morgan fingerprint density at radius 3 is 2.48 bits per heavy atom. The van der Waals surface area contributed by atoms with Gasteiger partial charge >= 0.3 is 0 Å². The maximum Gasteiger partial charge on any atom is 0.284 e. The molecule has 3 aromatic rings. The highest BCUT2D eigenvalue weighted by Gasteiger charge is 2.28. The van der Waals surface area contributed by atoms with Crippen molar-refractivity contribution in [2.45, 2.75) is 74.8 Å². The lowest BCUT2D eigenvalue weighted by molar-refractivity contribution is 0.0968. The first-order valence-corrected chi connectivity index (χ1v) is 12.2. The number of nitrogens with zero attached hydrogens (tertiary/aromatic N) is 2. The van der Waals surface area contributed by atoms with Crippen LogP contribution in [0.15, 0.2) is 44.7 Å². The van der Waals surface area contributed by atoms with Crippen LogP contribution in [0, 0.1) is 5.92 Å². The minimum absolute atomic E-state index is 0.0770. The SMILES string of the molecule is CC(C)(C)c1nc2cc(S(=O)(=O)c3ccc(C(N)=O)o3)ccc2n1CC1CCCCC1. The Balaban J connectivity index is 1.77. The van der Waals surface area contributed by atoms with E-state index in [0.717, 1.165) is 17.9 Å². The van der Waals surface area contributed by atoms with Crippen molar-refractivity contribution in [3.05, 3.63) is 41.9 Å². The molecule has 166 valence electrons. The molecule has 0 aliphatic heterocycles. The van der Waals surface area contributed by atoms with Crippen molar-refractivity contribution in [2.75, 3.05) is 0 Å². The van der Waals surface area contributed by atoms with Gasteiger partial charge < -0.3 is 14.7 Å². The van der Waals surface area contributed by atoms with E-state index in [1.807, 2.05) is 6.07 Å². The van der Waals surface area contributed by atoms with Crippen LogP contribution in [0.25, 0.3) is 11.0 Å². The Morgan fingerprint density at radius 2 is 1.87 bits per heavy atom. The van der Waals surface area contributed by atoms with Crippen molar-refractivity contribution in [1.82, 2.24) is 9.55 Å². The summed E-state index contributed by atoms with van der Waals surface area (Å²) in [5, 5.41) is -0.307. The molecule has 0 bridgehead atoms. The first-order valence-electron chi connectivity index (χ1n) is 10.7. The largest absolute Gasteiger partial charge is 0.439 e. The second-order valence-corrected chi connectivity index (χ2v) is 11.3. The van der Waals surface area contributed by atoms with E-state index < -0.39 is 15.7 Å². The molecule has 2 aromatic heterocycles. The quantitative estimate of drug-likeness (QED) is 0.627. The van der Waals surface area contributed by atoms with E-state index in [2.05, 4.69) is 25.3 Å². The fraction of sp³-hybridized carbons (Fsp3) is 0.478. The molecule has 2 heterocycles. The molecule has 1 aliphatic rings. The lowest BCUT2D eigenvalue weighted by Crippen LogP contribution is -2.22. The first kappa shape index (κ1) is 21.6. The summed E-state index contributed by atoms with van der Waals surface area (Å²) >= 11 is 0. The predicted molar refractivity (Wildman–Crippen MR) is 118 cm³/mol. The number of carbonyl (C=O) groups is 1. The molecule has 1 amide bonds. The van der Waals surface area contributed by atoms with Gasteiger partial charge in [0.1, 0.15) is 5.82 Å². The van der Waals surface area contributed by atoms with Gasteiger partial charge in [-0.15, -0.1) is 0 Å². The van der Waals surface area contributed by atoms with Crippen LogP contribution >= 0.6 is 0 Å². The highest BCUT2D eigenvalue weighted by atomic mass is 32.2. The van der Waals surface area contributed by atoms with E-state index in [1.54, 1.807) is 12.1 Å². The molecule has 0 unspecified atom stereocenters.